The molecule has 1 rings (SSSR count). The van der Waals surface area contributed by atoms with Gasteiger partial charge in [0, 0.05) is 6.20 Å². The Morgan fingerprint density at radius 2 is 2.33 bits per heavy atom. The van der Waals surface area contributed by atoms with E-state index in [1.165, 1.54) is 6.20 Å². The van der Waals surface area contributed by atoms with Gasteiger partial charge in [-0.25, -0.2) is 4.98 Å². The highest BCUT2D eigenvalue weighted by Gasteiger charge is 2.13. The van der Waals surface area contributed by atoms with Crippen LogP contribution in [0.4, 0.5) is 5.13 Å². The number of thiazole rings is 1. The lowest BCUT2D eigenvalue weighted by atomic mass is 9.91. The monoisotopic (exact) mass is 144 g/mol. The number of nitrogens with zero attached hydrogens (tertiary/aromatic N) is 1. The van der Waals surface area contributed by atoms with Crippen LogP contribution in [0.5, 0.6) is 0 Å². The smallest absolute Gasteiger partial charge is 0.423 e. The molecular weight excluding hydrogens is 139 g/mol. The van der Waals surface area contributed by atoms with E-state index in [1.807, 2.05) is 0 Å². The minimum atomic E-state index is -1.44. The van der Waals surface area contributed by atoms with Crippen molar-refractivity contribution < 1.29 is 10.0 Å². The second-order valence-corrected chi connectivity index (χ2v) is 2.57. The molecular formula is C3H5BN2O2S. The Labute approximate surface area is 56.1 Å². The van der Waals surface area contributed by atoms with E-state index in [0.29, 0.717) is 9.91 Å². The summed E-state index contributed by atoms with van der Waals surface area (Å²) >= 11 is 1.06. The van der Waals surface area contributed by atoms with Crippen LogP contribution >= 0.6 is 11.3 Å². The molecule has 1 aromatic rings. The quantitative estimate of drug-likeness (QED) is 0.415. The van der Waals surface area contributed by atoms with Gasteiger partial charge in [-0.15, -0.1) is 11.3 Å². The lowest BCUT2D eigenvalue weighted by Crippen LogP contribution is -2.26. The van der Waals surface area contributed by atoms with Gasteiger partial charge < -0.3 is 15.8 Å². The molecule has 0 aliphatic carbocycles. The predicted octanol–water partition coefficient (Wildman–Crippen LogP) is -1.59. The fourth-order valence-corrected chi connectivity index (χ4v) is 0.978. The Bertz CT molecular complexity index is 201. The average Bonchev–Trinajstić information content (AvgIpc) is 2.14. The number of aromatic nitrogens is 1. The standard InChI is InChI=1S/C3H5BN2O2S/c5-3-6-1-2(9-3)4(7)8/h1,7-8H,(H2,5,6). The van der Waals surface area contributed by atoms with E-state index >= 15 is 0 Å². The fourth-order valence-electron chi connectivity index (χ4n) is 0.420. The van der Waals surface area contributed by atoms with Gasteiger partial charge in [-0.3, -0.25) is 0 Å². The zero-order valence-corrected chi connectivity index (χ0v) is 5.30. The maximum absolute atomic E-state index is 8.51. The Hall–Kier alpha value is -0.585. The first-order chi connectivity index (χ1) is 4.20. The molecule has 0 amide bonds. The summed E-state index contributed by atoms with van der Waals surface area (Å²) in [5.41, 5.74) is 5.20. The Morgan fingerprint density at radius 3 is 2.56 bits per heavy atom. The summed E-state index contributed by atoms with van der Waals surface area (Å²) in [6, 6.07) is 0. The van der Waals surface area contributed by atoms with Crippen molar-refractivity contribution in [3.05, 3.63) is 6.20 Å². The SMILES string of the molecule is Nc1ncc(B(O)O)s1. The molecule has 0 radical (unpaired) electrons. The molecule has 0 aliphatic rings. The molecule has 48 valence electrons. The van der Waals surface area contributed by atoms with E-state index in [1.54, 1.807) is 0 Å². The van der Waals surface area contributed by atoms with Gasteiger partial charge in [0.05, 0.1) is 4.78 Å². The number of rotatable bonds is 1. The molecule has 0 aromatic carbocycles. The van der Waals surface area contributed by atoms with E-state index in [-0.39, 0.29) is 0 Å². The molecule has 0 unspecified atom stereocenters. The highest BCUT2D eigenvalue weighted by atomic mass is 32.1. The van der Waals surface area contributed by atoms with Gasteiger partial charge in [-0.05, 0) is 0 Å². The van der Waals surface area contributed by atoms with Crippen molar-refractivity contribution in [2.24, 2.45) is 0 Å². The fraction of sp³-hybridized carbons (Fsp3) is 0. The lowest BCUT2D eigenvalue weighted by molar-refractivity contribution is 0.427. The molecule has 0 spiro atoms. The molecule has 0 saturated heterocycles. The van der Waals surface area contributed by atoms with Crippen LogP contribution in [0.2, 0.25) is 0 Å². The van der Waals surface area contributed by atoms with Gasteiger partial charge in [0.2, 0.25) is 0 Å². The van der Waals surface area contributed by atoms with Crippen LogP contribution in [0.1, 0.15) is 0 Å². The first-order valence-electron chi connectivity index (χ1n) is 2.27. The number of hydrogen-bond donors (Lipinski definition) is 3. The molecule has 0 bridgehead atoms. The number of nitrogen functional groups attached to an aromatic ring is 1. The van der Waals surface area contributed by atoms with Crippen molar-refractivity contribution in [2.45, 2.75) is 0 Å². The largest absolute Gasteiger partial charge is 0.500 e. The molecule has 1 heterocycles. The Morgan fingerprint density at radius 1 is 1.67 bits per heavy atom. The summed E-state index contributed by atoms with van der Waals surface area (Å²) in [5, 5.41) is 17.4. The molecule has 4 N–H and O–H groups in total. The normalized spacial score (nSPS) is 9.56. The van der Waals surface area contributed by atoms with Crippen LogP contribution in [0, 0.1) is 0 Å². The molecule has 1 aromatic heterocycles. The van der Waals surface area contributed by atoms with Crippen molar-refractivity contribution in [3.63, 3.8) is 0 Å². The van der Waals surface area contributed by atoms with Gasteiger partial charge in [0.25, 0.3) is 0 Å². The first kappa shape index (κ1) is 6.53. The van der Waals surface area contributed by atoms with Crippen LogP contribution in [0.3, 0.4) is 0 Å². The molecule has 0 fully saturated rings. The van der Waals surface area contributed by atoms with Crippen molar-refractivity contribution in [1.29, 1.82) is 0 Å². The molecule has 9 heavy (non-hydrogen) atoms. The summed E-state index contributed by atoms with van der Waals surface area (Å²) in [7, 11) is -1.44. The topological polar surface area (TPSA) is 79.4 Å². The van der Waals surface area contributed by atoms with Crippen molar-refractivity contribution in [3.8, 4) is 0 Å². The van der Waals surface area contributed by atoms with Crippen LogP contribution in [-0.4, -0.2) is 22.2 Å². The summed E-state index contributed by atoms with van der Waals surface area (Å²) in [6.07, 6.45) is 1.34. The highest BCUT2D eigenvalue weighted by molar-refractivity contribution is 7.24. The van der Waals surface area contributed by atoms with Gasteiger partial charge in [-0.1, -0.05) is 0 Å². The molecule has 4 nitrogen and oxygen atoms in total. The summed E-state index contributed by atoms with van der Waals surface area (Å²) in [4.78, 5) is 3.61. The molecule has 0 aliphatic heterocycles. The third-order valence-electron chi connectivity index (χ3n) is 0.796. The van der Waals surface area contributed by atoms with Crippen molar-refractivity contribution in [2.75, 3.05) is 5.73 Å². The van der Waals surface area contributed by atoms with Gasteiger partial charge in [-0.2, -0.15) is 0 Å². The Balaban J connectivity index is 2.85. The number of hydrogen-bond acceptors (Lipinski definition) is 5. The van der Waals surface area contributed by atoms with E-state index in [9.17, 15) is 0 Å². The number of anilines is 1. The summed E-state index contributed by atoms with van der Waals surface area (Å²) in [6.45, 7) is 0. The van der Waals surface area contributed by atoms with E-state index in [4.69, 9.17) is 15.8 Å². The Kier molecular flexibility index (Phi) is 1.70. The highest BCUT2D eigenvalue weighted by Crippen LogP contribution is 2.01. The van der Waals surface area contributed by atoms with Crippen LogP contribution in [0.25, 0.3) is 0 Å². The third kappa shape index (κ3) is 1.41. The minimum Gasteiger partial charge on any atom is -0.423 e. The summed E-state index contributed by atoms with van der Waals surface area (Å²) < 4.78 is 0.368. The second kappa shape index (κ2) is 2.34. The van der Waals surface area contributed by atoms with Crippen LogP contribution < -0.4 is 10.5 Å². The zero-order chi connectivity index (χ0) is 6.85. The average molecular weight is 144 g/mol. The summed E-state index contributed by atoms with van der Waals surface area (Å²) in [5.74, 6) is 0. The predicted molar refractivity (Wildman–Crippen MR) is 36.4 cm³/mol. The van der Waals surface area contributed by atoms with Gasteiger partial charge in [0.1, 0.15) is 0 Å². The van der Waals surface area contributed by atoms with Gasteiger partial charge >= 0.3 is 7.12 Å². The third-order valence-corrected chi connectivity index (χ3v) is 1.66. The van der Waals surface area contributed by atoms with Crippen LogP contribution in [-0.2, 0) is 0 Å². The van der Waals surface area contributed by atoms with Crippen LogP contribution in [0.15, 0.2) is 6.20 Å². The molecule has 6 heteroatoms. The molecule has 0 saturated carbocycles. The van der Waals surface area contributed by atoms with E-state index in [0.717, 1.165) is 11.3 Å². The first-order valence-corrected chi connectivity index (χ1v) is 3.09. The second-order valence-electron chi connectivity index (χ2n) is 1.47. The maximum atomic E-state index is 8.51. The zero-order valence-electron chi connectivity index (χ0n) is 4.48. The lowest BCUT2D eigenvalue weighted by Gasteiger charge is -1.86. The van der Waals surface area contributed by atoms with E-state index < -0.39 is 7.12 Å². The van der Waals surface area contributed by atoms with Crippen molar-refractivity contribution >= 4 is 28.4 Å². The van der Waals surface area contributed by atoms with E-state index in [2.05, 4.69) is 4.98 Å². The van der Waals surface area contributed by atoms with Crippen molar-refractivity contribution in [1.82, 2.24) is 4.98 Å². The minimum absolute atomic E-state index is 0.345. The molecule has 0 atom stereocenters. The maximum Gasteiger partial charge on any atom is 0.500 e. The van der Waals surface area contributed by atoms with Gasteiger partial charge in [0.15, 0.2) is 5.13 Å². The number of nitrogens with two attached hydrogens (primary N) is 1.